The average Bonchev–Trinajstić information content (AvgIpc) is 2.91. The second-order valence-electron chi connectivity index (χ2n) is 7.48. The molecule has 0 aromatic heterocycles. The Kier molecular flexibility index (Phi) is 4.86. The Morgan fingerprint density at radius 3 is 2.32 bits per heavy atom. The van der Waals surface area contributed by atoms with Crippen LogP contribution >= 0.6 is 0 Å². The molecule has 31 heavy (non-hydrogen) atoms. The summed E-state index contributed by atoms with van der Waals surface area (Å²) in [5.41, 5.74) is 1.58. The predicted molar refractivity (Wildman–Crippen MR) is 116 cm³/mol. The number of hydrogen-bond donors (Lipinski definition) is 2. The number of nitrogens with zero attached hydrogens (tertiary/aromatic N) is 3. The first-order valence-electron chi connectivity index (χ1n) is 9.44. The lowest BCUT2D eigenvalue weighted by Gasteiger charge is -2.31. The van der Waals surface area contributed by atoms with Crippen molar-refractivity contribution < 1.29 is 15.0 Å². The minimum atomic E-state index is -0.839. The largest absolute Gasteiger partial charge is 0.506 e. The van der Waals surface area contributed by atoms with Crippen LogP contribution in [-0.2, 0) is 5.54 Å². The molecule has 0 saturated carbocycles. The number of nitrogens with one attached hydrogen (secondary N) is 1. The molecule has 4 rings (SSSR count). The maximum Gasteiger partial charge on any atom is 0.270 e. The Hall–Kier alpha value is -4.27. The molecule has 0 saturated heterocycles. The fourth-order valence-electron chi connectivity index (χ4n) is 3.70. The highest BCUT2D eigenvalue weighted by atomic mass is 16.6. The Morgan fingerprint density at radius 2 is 1.61 bits per heavy atom. The number of benzene rings is 3. The maximum atomic E-state index is 11.3. The monoisotopic (exact) mass is 418 g/mol. The van der Waals surface area contributed by atoms with Gasteiger partial charge in [0.15, 0.2) is 0 Å². The summed E-state index contributed by atoms with van der Waals surface area (Å²) in [6, 6.07) is 17.3. The Morgan fingerprint density at radius 1 is 0.968 bits per heavy atom. The number of phenols is 1. The highest BCUT2D eigenvalue weighted by Gasteiger charge is 2.34. The van der Waals surface area contributed by atoms with Crippen molar-refractivity contribution in [2.24, 2.45) is 4.99 Å². The summed E-state index contributed by atoms with van der Waals surface area (Å²) in [5, 5.41) is 36.3. The van der Waals surface area contributed by atoms with Crippen molar-refractivity contribution in [3.63, 3.8) is 0 Å². The summed E-state index contributed by atoms with van der Waals surface area (Å²) in [5.74, 6) is -0.0452. The first-order valence-corrected chi connectivity index (χ1v) is 9.44. The lowest BCUT2D eigenvalue weighted by Crippen LogP contribution is -2.34. The van der Waals surface area contributed by atoms with Gasteiger partial charge in [0.1, 0.15) is 11.4 Å². The molecule has 1 aliphatic rings. The van der Waals surface area contributed by atoms with Gasteiger partial charge in [-0.05, 0) is 24.6 Å². The van der Waals surface area contributed by atoms with E-state index in [-0.39, 0.29) is 23.5 Å². The van der Waals surface area contributed by atoms with Crippen LogP contribution in [0.4, 0.5) is 22.7 Å². The minimum absolute atomic E-state index is 0.0452. The van der Waals surface area contributed by atoms with Crippen LogP contribution in [0.5, 0.6) is 5.75 Å². The molecule has 3 aromatic carbocycles. The molecular weight excluding hydrogens is 400 g/mol. The van der Waals surface area contributed by atoms with Gasteiger partial charge in [0.05, 0.1) is 26.8 Å². The van der Waals surface area contributed by atoms with E-state index in [2.05, 4.69) is 10.3 Å². The van der Waals surface area contributed by atoms with Crippen molar-refractivity contribution in [3.05, 3.63) is 98.1 Å². The molecule has 0 aliphatic carbocycles. The number of hydrogen-bond acceptors (Lipinski definition) is 7. The first kappa shape index (κ1) is 20.0. The first-order chi connectivity index (χ1) is 14.8. The quantitative estimate of drug-likeness (QED) is 0.450. The number of non-ortho nitro benzene ring substituents is 2. The highest BCUT2D eigenvalue weighted by Crippen LogP contribution is 2.43. The molecule has 156 valence electrons. The molecule has 3 aromatic rings. The van der Waals surface area contributed by atoms with Gasteiger partial charge >= 0.3 is 0 Å². The van der Waals surface area contributed by atoms with E-state index in [1.165, 1.54) is 30.3 Å². The summed E-state index contributed by atoms with van der Waals surface area (Å²) in [6.45, 7) is 1.87. The highest BCUT2D eigenvalue weighted by molar-refractivity contribution is 6.05. The lowest BCUT2D eigenvalue weighted by molar-refractivity contribution is -0.385. The summed E-state index contributed by atoms with van der Waals surface area (Å²) in [6.07, 6.45) is 0.267. The van der Waals surface area contributed by atoms with E-state index in [0.29, 0.717) is 28.2 Å². The molecule has 1 heterocycles. The maximum absolute atomic E-state index is 11.3. The number of para-hydroxylation sites is 1. The summed E-state index contributed by atoms with van der Waals surface area (Å²) >= 11 is 0. The van der Waals surface area contributed by atoms with Crippen LogP contribution in [-0.4, -0.2) is 20.7 Å². The van der Waals surface area contributed by atoms with Gasteiger partial charge in [-0.2, -0.15) is 0 Å². The van der Waals surface area contributed by atoms with E-state index >= 15 is 0 Å². The van der Waals surface area contributed by atoms with Crippen LogP contribution in [0.25, 0.3) is 0 Å². The third kappa shape index (κ3) is 3.80. The number of aliphatic imine (C=N–C) groups is 1. The molecule has 0 bridgehead atoms. The van der Waals surface area contributed by atoms with E-state index in [9.17, 15) is 25.3 Å². The van der Waals surface area contributed by atoms with Crippen LogP contribution < -0.4 is 5.32 Å². The van der Waals surface area contributed by atoms with Crippen molar-refractivity contribution >= 4 is 28.5 Å². The van der Waals surface area contributed by atoms with E-state index in [0.717, 1.165) is 0 Å². The van der Waals surface area contributed by atoms with Gasteiger partial charge < -0.3 is 10.4 Å². The zero-order valence-electron chi connectivity index (χ0n) is 16.5. The number of aromatic hydroxyl groups is 1. The van der Waals surface area contributed by atoms with Gasteiger partial charge in [-0.1, -0.05) is 30.3 Å². The van der Waals surface area contributed by atoms with Gasteiger partial charge in [-0.3, -0.25) is 20.2 Å². The molecule has 0 radical (unpaired) electrons. The Balaban J connectivity index is 1.90. The number of fused-ring (bicyclic) bond motifs is 1. The molecule has 9 nitrogen and oxygen atoms in total. The SMILES string of the molecule is CC1(c2cccc([N+](=O)[O-])c2)CC(c2cccc([N+](=O)[O-])c2)=Nc2c(O)cccc2N1. The number of nitro groups is 2. The second kappa shape index (κ2) is 7.52. The lowest BCUT2D eigenvalue weighted by atomic mass is 9.84. The van der Waals surface area contributed by atoms with Crippen molar-refractivity contribution in [2.45, 2.75) is 18.9 Å². The van der Waals surface area contributed by atoms with Gasteiger partial charge in [-0.25, -0.2) is 4.99 Å². The summed E-state index contributed by atoms with van der Waals surface area (Å²) in [7, 11) is 0. The van der Waals surface area contributed by atoms with Crippen molar-refractivity contribution in [1.29, 1.82) is 0 Å². The molecule has 0 spiro atoms. The van der Waals surface area contributed by atoms with E-state index in [1.807, 2.05) is 6.92 Å². The van der Waals surface area contributed by atoms with Crippen LogP contribution in [0.2, 0.25) is 0 Å². The molecule has 0 fully saturated rings. The smallest absolute Gasteiger partial charge is 0.270 e. The van der Waals surface area contributed by atoms with Gasteiger partial charge in [0, 0.05) is 36.2 Å². The molecule has 1 aliphatic heterocycles. The van der Waals surface area contributed by atoms with E-state index in [1.54, 1.807) is 36.4 Å². The van der Waals surface area contributed by atoms with Crippen molar-refractivity contribution in [3.8, 4) is 5.75 Å². The van der Waals surface area contributed by atoms with Crippen molar-refractivity contribution in [1.82, 2.24) is 0 Å². The van der Waals surface area contributed by atoms with Crippen molar-refractivity contribution in [2.75, 3.05) is 5.32 Å². The van der Waals surface area contributed by atoms with E-state index < -0.39 is 15.4 Å². The standard InChI is InChI=1S/C22H18N4O5/c1-22(15-6-3-8-17(12-15)26(30)31)13-19(14-5-2-7-16(11-14)25(28)29)23-21-18(24-22)9-4-10-20(21)27/h2-12,24,27H,13H2,1H3. The van der Waals surface area contributed by atoms with Crippen LogP contribution in [0.1, 0.15) is 24.5 Å². The molecule has 1 unspecified atom stereocenters. The topological polar surface area (TPSA) is 131 Å². The molecule has 9 heteroatoms. The van der Waals surface area contributed by atoms with Crippen LogP contribution in [0, 0.1) is 20.2 Å². The number of anilines is 1. The molecule has 0 amide bonds. The zero-order valence-corrected chi connectivity index (χ0v) is 16.5. The molecular formula is C22H18N4O5. The fraction of sp³-hybridized carbons (Fsp3) is 0.136. The van der Waals surface area contributed by atoms with Crippen LogP contribution in [0.15, 0.2) is 71.7 Å². The summed E-state index contributed by atoms with van der Waals surface area (Å²) < 4.78 is 0. The fourth-order valence-corrected chi connectivity index (χ4v) is 3.70. The third-order valence-electron chi connectivity index (χ3n) is 5.28. The average molecular weight is 418 g/mol. The van der Waals surface area contributed by atoms with Gasteiger partial charge in [-0.15, -0.1) is 0 Å². The Labute approximate surface area is 177 Å². The number of phenolic OH excluding ortho intramolecular Hbond substituents is 1. The molecule has 1 atom stereocenters. The normalized spacial score (nSPS) is 17.6. The predicted octanol–water partition coefficient (Wildman–Crippen LogP) is 5.06. The molecule has 2 N–H and O–H groups in total. The number of nitro benzene ring substituents is 2. The second-order valence-corrected chi connectivity index (χ2v) is 7.48. The van der Waals surface area contributed by atoms with Gasteiger partial charge in [0.25, 0.3) is 11.4 Å². The summed E-state index contributed by atoms with van der Waals surface area (Å²) in [4.78, 5) is 26.3. The Bertz CT molecular complexity index is 1240. The number of rotatable bonds is 4. The van der Waals surface area contributed by atoms with Gasteiger partial charge in [0.2, 0.25) is 0 Å². The van der Waals surface area contributed by atoms with E-state index in [4.69, 9.17) is 0 Å². The minimum Gasteiger partial charge on any atom is -0.506 e. The zero-order chi connectivity index (χ0) is 22.2. The third-order valence-corrected chi connectivity index (χ3v) is 5.28. The van der Waals surface area contributed by atoms with Crippen LogP contribution in [0.3, 0.4) is 0 Å².